The van der Waals surface area contributed by atoms with Crippen LogP contribution in [0.3, 0.4) is 0 Å². The first kappa shape index (κ1) is 32.3. The molecule has 1 spiro atoms. The van der Waals surface area contributed by atoms with Crippen LogP contribution in [0.1, 0.15) is 22.3 Å². The smallest absolute Gasteiger partial charge is 0.0726 e. The molecule has 1 nitrogen and oxygen atoms in total. The fraction of sp³-hybridized carbons (Fsp3) is 0.0182. The Bertz CT molecular complexity index is 3140. The van der Waals surface area contributed by atoms with Gasteiger partial charge in [0.25, 0.3) is 0 Å². The van der Waals surface area contributed by atoms with E-state index in [1.54, 1.807) is 0 Å². The van der Waals surface area contributed by atoms with Gasteiger partial charge in [0.2, 0.25) is 0 Å². The molecule has 1 aromatic heterocycles. The van der Waals surface area contributed by atoms with Gasteiger partial charge >= 0.3 is 0 Å². The van der Waals surface area contributed by atoms with E-state index in [-0.39, 0.29) is 0 Å². The van der Waals surface area contributed by atoms with E-state index in [2.05, 4.69) is 217 Å². The maximum atomic E-state index is 2.49. The fourth-order valence-electron chi connectivity index (χ4n) is 9.85. The van der Waals surface area contributed by atoms with Gasteiger partial charge in [0.1, 0.15) is 0 Å². The molecule has 2 aliphatic rings. The Balaban J connectivity index is 1.09. The molecule has 0 saturated carbocycles. The van der Waals surface area contributed by atoms with Crippen LogP contribution in [0.2, 0.25) is 0 Å². The Morgan fingerprint density at radius 1 is 0.298 bits per heavy atom. The van der Waals surface area contributed by atoms with E-state index in [9.17, 15) is 0 Å². The SMILES string of the molecule is c1ccc(-c2cccc(N(c3cccc(-c4ccc5sc6ccccc6c5c4)c3)c3ccc4c(c3)C3(c5ccccc5-c5ccccc53)c3ccccc3-4)c2)cc1. The third-order valence-corrected chi connectivity index (χ3v) is 13.4. The number of benzene rings is 9. The molecule has 0 aliphatic heterocycles. The van der Waals surface area contributed by atoms with Crippen molar-refractivity contribution in [3.63, 3.8) is 0 Å². The molecule has 2 aliphatic carbocycles. The van der Waals surface area contributed by atoms with E-state index in [0.29, 0.717) is 0 Å². The van der Waals surface area contributed by atoms with E-state index in [0.717, 1.165) is 17.1 Å². The first-order chi connectivity index (χ1) is 28.3. The zero-order valence-electron chi connectivity index (χ0n) is 31.1. The maximum absolute atomic E-state index is 2.49. The molecule has 0 fully saturated rings. The number of nitrogens with zero attached hydrogens (tertiary/aromatic N) is 1. The Labute approximate surface area is 336 Å². The summed E-state index contributed by atoms with van der Waals surface area (Å²) < 4.78 is 2.64. The van der Waals surface area contributed by atoms with Crippen molar-refractivity contribution in [1.82, 2.24) is 0 Å². The number of hydrogen-bond donors (Lipinski definition) is 0. The monoisotopic (exact) mass is 741 g/mol. The lowest BCUT2D eigenvalue weighted by molar-refractivity contribution is 0.793. The van der Waals surface area contributed by atoms with E-state index >= 15 is 0 Å². The Morgan fingerprint density at radius 2 is 0.789 bits per heavy atom. The predicted octanol–water partition coefficient (Wildman–Crippen LogP) is 15.2. The van der Waals surface area contributed by atoms with Gasteiger partial charge in [0.05, 0.1) is 5.41 Å². The average molecular weight is 742 g/mol. The molecule has 1 heterocycles. The van der Waals surface area contributed by atoms with Gasteiger partial charge in [-0.15, -0.1) is 11.3 Å². The quantitative estimate of drug-likeness (QED) is 0.170. The predicted molar refractivity (Wildman–Crippen MR) is 241 cm³/mol. The molecular weight excluding hydrogens is 707 g/mol. The topological polar surface area (TPSA) is 3.24 Å². The summed E-state index contributed by atoms with van der Waals surface area (Å²) in [4.78, 5) is 2.46. The van der Waals surface area contributed by atoms with Crippen LogP contribution in [0.25, 0.3) is 64.7 Å². The molecule has 0 bridgehead atoms. The van der Waals surface area contributed by atoms with Crippen LogP contribution in [0.15, 0.2) is 212 Å². The van der Waals surface area contributed by atoms with Crippen LogP contribution in [-0.2, 0) is 5.41 Å². The molecule has 57 heavy (non-hydrogen) atoms. The summed E-state index contributed by atoms with van der Waals surface area (Å²) in [6.07, 6.45) is 0. The molecule has 0 atom stereocenters. The zero-order chi connectivity index (χ0) is 37.5. The second-order valence-corrected chi connectivity index (χ2v) is 16.3. The van der Waals surface area contributed by atoms with E-state index in [1.165, 1.54) is 86.9 Å². The summed E-state index contributed by atoms with van der Waals surface area (Å²) in [6.45, 7) is 0. The minimum absolute atomic E-state index is 0.423. The largest absolute Gasteiger partial charge is 0.310 e. The second kappa shape index (κ2) is 12.5. The fourth-order valence-corrected chi connectivity index (χ4v) is 10.9. The molecule has 0 amide bonds. The molecule has 10 aromatic rings. The van der Waals surface area contributed by atoms with Crippen molar-refractivity contribution in [2.45, 2.75) is 5.41 Å². The number of anilines is 3. The van der Waals surface area contributed by atoms with Gasteiger partial charge in [-0.2, -0.15) is 0 Å². The summed E-state index contributed by atoms with van der Waals surface area (Å²) in [7, 11) is 0. The standard InChI is InChI=1S/C55H35NS/c1-2-14-36(15-3-1)37-16-12-18-40(32-37)56(41-19-13-17-38(33-41)39-28-31-54-48(34-39)47-23-7-11-27-53(47)57-54)42-29-30-46-45-22-6-10-26-51(45)55(52(46)35-42)49-24-8-4-20-43(49)44-21-5-9-25-50(44)55/h1-35H. The van der Waals surface area contributed by atoms with Gasteiger partial charge in [0.15, 0.2) is 0 Å². The van der Waals surface area contributed by atoms with Crippen LogP contribution in [-0.4, -0.2) is 0 Å². The van der Waals surface area contributed by atoms with Crippen molar-refractivity contribution >= 4 is 48.6 Å². The lowest BCUT2D eigenvalue weighted by atomic mass is 9.70. The number of rotatable bonds is 5. The van der Waals surface area contributed by atoms with Gasteiger partial charge in [-0.1, -0.05) is 158 Å². The van der Waals surface area contributed by atoms with Crippen LogP contribution in [0.5, 0.6) is 0 Å². The van der Waals surface area contributed by atoms with Gasteiger partial charge < -0.3 is 4.90 Å². The number of fused-ring (bicyclic) bond motifs is 13. The molecule has 0 N–H and O–H groups in total. The second-order valence-electron chi connectivity index (χ2n) is 15.2. The number of thiophene rings is 1. The first-order valence-corrected chi connectivity index (χ1v) is 20.5. The summed E-state index contributed by atoms with van der Waals surface area (Å²) in [6, 6.07) is 78.8. The molecule has 12 rings (SSSR count). The van der Waals surface area contributed by atoms with Crippen molar-refractivity contribution in [2.24, 2.45) is 0 Å². The van der Waals surface area contributed by atoms with Crippen LogP contribution in [0.4, 0.5) is 17.1 Å². The van der Waals surface area contributed by atoms with Crippen molar-refractivity contribution in [1.29, 1.82) is 0 Å². The van der Waals surface area contributed by atoms with Gasteiger partial charge in [0, 0.05) is 37.2 Å². The summed E-state index contributed by atoms with van der Waals surface area (Å²) in [5, 5.41) is 2.63. The van der Waals surface area contributed by atoms with Gasteiger partial charge in [-0.25, -0.2) is 0 Å². The van der Waals surface area contributed by atoms with E-state index in [4.69, 9.17) is 0 Å². The molecule has 0 saturated heterocycles. The molecule has 266 valence electrons. The third kappa shape index (κ3) is 4.75. The molecule has 0 radical (unpaired) electrons. The lowest BCUT2D eigenvalue weighted by Crippen LogP contribution is -2.26. The zero-order valence-corrected chi connectivity index (χ0v) is 31.9. The van der Waals surface area contributed by atoms with Gasteiger partial charge in [-0.05, 0) is 121 Å². The van der Waals surface area contributed by atoms with Crippen molar-refractivity contribution in [2.75, 3.05) is 4.90 Å². The summed E-state index contributed by atoms with van der Waals surface area (Å²) >= 11 is 1.86. The van der Waals surface area contributed by atoms with E-state index < -0.39 is 5.41 Å². The lowest BCUT2D eigenvalue weighted by Gasteiger charge is -2.32. The summed E-state index contributed by atoms with van der Waals surface area (Å²) in [5.74, 6) is 0. The Morgan fingerprint density at radius 3 is 1.46 bits per heavy atom. The Hall–Kier alpha value is -7.00. The van der Waals surface area contributed by atoms with Crippen molar-refractivity contribution < 1.29 is 0 Å². The van der Waals surface area contributed by atoms with Crippen molar-refractivity contribution in [3.05, 3.63) is 235 Å². The molecule has 9 aromatic carbocycles. The highest BCUT2D eigenvalue weighted by Gasteiger charge is 2.51. The Kier molecular flexibility index (Phi) is 7.08. The van der Waals surface area contributed by atoms with Crippen LogP contribution >= 0.6 is 11.3 Å². The van der Waals surface area contributed by atoms with Crippen LogP contribution < -0.4 is 4.90 Å². The summed E-state index contributed by atoms with van der Waals surface area (Å²) in [5.41, 5.74) is 18.4. The highest BCUT2D eigenvalue weighted by Crippen LogP contribution is 2.63. The average Bonchev–Trinajstić information content (AvgIpc) is 3.91. The van der Waals surface area contributed by atoms with E-state index in [1.807, 2.05) is 11.3 Å². The molecule has 0 unspecified atom stereocenters. The normalized spacial score (nSPS) is 13.1. The maximum Gasteiger partial charge on any atom is 0.0726 e. The van der Waals surface area contributed by atoms with Crippen LogP contribution in [0, 0.1) is 0 Å². The first-order valence-electron chi connectivity index (χ1n) is 19.7. The molecular formula is C55H35NS. The molecule has 2 heteroatoms. The minimum atomic E-state index is -0.423. The van der Waals surface area contributed by atoms with Crippen molar-refractivity contribution in [3.8, 4) is 44.5 Å². The number of hydrogen-bond acceptors (Lipinski definition) is 2. The van der Waals surface area contributed by atoms with Gasteiger partial charge in [-0.3, -0.25) is 0 Å². The highest BCUT2D eigenvalue weighted by atomic mass is 32.1. The third-order valence-electron chi connectivity index (χ3n) is 12.3. The minimum Gasteiger partial charge on any atom is -0.310 e. The highest BCUT2D eigenvalue weighted by molar-refractivity contribution is 7.25.